The summed E-state index contributed by atoms with van der Waals surface area (Å²) in [5.41, 5.74) is 0.252. The topological polar surface area (TPSA) is 78.4 Å². The Balaban J connectivity index is 1.69. The smallest absolute Gasteiger partial charge is 0.337 e. The molecule has 0 heterocycles. The Bertz CT molecular complexity index is 570. The number of benzene rings is 1. The lowest BCUT2D eigenvalue weighted by molar-refractivity contribution is 0.0698. The van der Waals surface area contributed by atoms with Gasteiger partial charge in [-0.25, -0.2) is 9.59 Å². The van der Waals surface area contributed by atoms with E-state index < -0.39 is 5.97 Å². The first kappa shape index (κ1) is 14.2. The van der Waals surface area contributed by atoms with E-state index in [1.54, 1.807) is 0 Å². The van der Waals surface area contributed by atoms with E-state index in [1.807, 2.05) is 0 Å². The van der Waals surface area contributed by atoms with Crippen LogP contribution in [0, 0.1) is 11.8 Å². The molecule has 1 aromatic rings. The van der Waals surface area contributed by atoms with Gasteiger partial charge in [-0.3, -0.25) is 0 Å². The van der Waals surface area contributed by atoms with Crippen LogP contribution in [0.1, 0.15) is 36.0 Å². The minimum absolute atomic E-state index is 0.0314. The molecule has 0 unspecified atom stereocenters. The van der Waals surface area contributed by atoms with Crippen molar-refractivity contribution in [2.24, 2.45) is 11.8 Å². The van der Waals surface area contributed by atoms with Crippen LogP contribution in [0.15, 0.2) is 18.2 Å². The molecule has 0 spiro atoms. The van der Waals surface area contributed by atoms with E-state index in [1.165, 1.54) is 43.9 Å². The first-order valence-corrected chi connectivity index (χ1v) is 7.53. The zero-order valence-electron chi connectivity index (χ0n) is 11.4. The molecule has 0 bridgehead atoms. The van der Waals surface area contributed by atoms with Crippen LogP contribution in [0.5, 0.6) is 0 Å². The number of carboxylic acids is 1. The lowest BCUT2D eigenvalue weighted by atomic mass is 10.1. The van der Waals surface area contributed by atoms with Gasteiger partial charge in [0.15, 0.2) is 0 Å². The van der Waals surface area contributed by atoms with Crippen LogP contribution in [-0.2, 0) is 0 Å². The number of aromatic carboxylic acids is 1. The molecule has 3 N–H and O–H groups in total. The van der Waals surface area contributed by atoms with Gasteiger partial charge in [0.2, 0.25) is 0 Å². The largest absolute Gasteiger partial charge is 0.478 e. The number of carboxylic acid groups (broad SMARTS) is 1. The molecule has 0 aliphatic heterocycles. The fraction of sp³-hybridized carbons (Fsp3) is 0.467. The highest BCUT2D eigenvalue weighted by Gasteiger charge is 2.42. The Hall–Kier alpha value is -1.75. The number of nitrogens with one attached hydrogen (secondary N) is 2. The van der Waals surface area contributed by atoms with Crippen LogP contribution in [-0.4, -0.2) is 23.1 Å². The lowest BCUT2D eigenvalue weighted by Gasteiger charge is -2.18. The molecule has 3 rings (SSSR count). The maximum atomic E-state index is 12.1. The number of hydrogen-bond acceptors (Lipinski definition) is 2. The standard InChI is InChI=1S/C15H17ClN2O3/c16-10-5-6-11(14(19)20)12(7-10)17-15(21)18-13(8-1-2-8)9-3-4-9/h5-9,13H,1-4H2,(H,19,20)(H2,17,18,21). The summed E-state index contributed by atoms with van der Waals surface area (Å²) < 4.78 is 0. The summed E-state index contributed by atoms with van der Waals surface area (Å²) in [6, 6.07) is 4.19. The average molecular weight is 309 g/mol. The Morgan fingerprint density at radius 2 is 1.81 bits per heavy atom. The van der Waals surface area contributed by atoms with Crippen molar-refractivity contribution in [3.8, 4) is 0 Å². The summed E-state index contributed by atoms with van der Waals surface area (Å²) in [4.78, 5) is 23.3. The molecule has 0 atom stereocenters. The fourth-order valence-corrected chi connectivity index (χ4v) is 2.82. The van der Waals surface area contributed by atoms with Crippen LogP contribution in [0.2, 0.25) is 5.02 Å². The maximum absolute atomic E-state index is 12.1. The third-order valence-corrected chi connectivity index (χ3v) is 4.25. The Labute approximate surface area is 127 Å². The van der Waals surface area contributed by atoms with Gasteiger partial charge in [-0.05, 0) is 55.7 Å². The highest BCUT2D eigenvalue weighted by Crippen LogP contribution is 2.44. The zero-order valence-corrected chi connectivity index (χ0v) is 12.2. The van der Waals surface area contributed by atoms with Crippen LogP contribution in [0.3, 0.4) is 0 Å². The third kappa shape index (κ3) is 3.47. The van der Waals surface area contributed by atoms with Gasteiger partial charge >= 0.3 is 12.0 Å². The Morgan fingerprint density at radius 1 is 1.19 bits per heavy atom. The van der Waals surface area contributed by atoms with Crippen molar-refractivity contribution < 1.29 is 14.7 Å². The lowest BCUT2D eigenvalue weighted by Crippen LogP contribution is -2.41. The van der Waals surface area contributed by atoms with Crippen molar-refractivity contribution >= 4 is 29.3 Å². The second kappa shape index (κ2) is 5.56. The number of hydrogen-bond donors (Lipinski definition) is 3. The highest BCUT2D eigenvalue weighted by atomic mass is 35.5. The molecule has 2 fully saturated rings. The normalized spacial score (nSPS) is 17.6. The summed E-state index contributed by atoms with van der Waals surface area (Å²) in [5.74, 6) is 0.0750. The van der Waals surface area contributed by atoms with E-state index in [0.717, 1.165) is 0 Å². The van der Waals surface area contributed by atoms with Gasteiger partial charge < -0.3 is 15.7 Å². The van der Waals surface area contributed by atoms with Crippen molar-refractivity contribution in [1.29, 1.82) is 0 Å². The molecule has 1 aromatic carbocycles. The van der Waals surface area contributed by atoms with E-state index in [0.29, 0.717) is 16.9 Å². The number of halogens is 1. The molecular formula is C15H17ClN2O3. The predicted octanol–water partition coefficient (Wildman–Crippen LogP) is 3.35. The second-order valence-electron chi connectivity index (χ2n) is 5.79. The Kier molecular flexibility index (Phi) is 3.76. The number of carbonyl (C=O) groups is 2. The number of amides is 2. The number of rotatable bonds is 5. The average Bonchev–Trinajstić information content (AvgIpc) is 3.27. The molecule has 0 saturated heterocycles. The fourth-order valence-electron chi connectivity index (χ4n) is 2.65. The minimum Gasteiger partial charge on any atom is -0.478 e. The molecule has 6 heteroatoms. The molecule has 2 saturated carbocycles. The van der Waals surface area contributed by atoms with Crippen molar-refractivity contribution in [2.75, 3.05) is 5.32 Å². The van der Waals surface area contributed by atoms with Crippen molar-refractivity contribution in [3.63, 3.8) is 0 Å². The molecule has 0 aromatic heterocycles. The van der Waals surface area contributed by atoms with Gasteiger partial charge in [-0.1, -0.05) is 11.6 Å². The Morgan fingerprint density at radius 3 is 2.33 bits per heavy atom. The van der Waals surface area contributed by atoms with E-state index >= 15 is 0 Å². The quantitative estimate of drug-likeness (QED) is 0.780. The van der Waals surface area contributed by atoms with Gasteiger partial charge in [0.05, 0.1) is 11.3 Å². The van der Waals surface area contributed by atoms with E-state index in [9.17, 15) is 9.59 Å². The minimum atomic E-state index is -1.09. The number of urea groups is 1. The van der Waals surface area contributed by atoms with Crippen molar-refractivity contribution in [3.05, 3.63) is 28.8 Å². The van der Waals surface area contributed by atoms with E-state index in [-0.39, 0.29) is 23.3 Å². The number of anilines is 1. The van der Waals surface area contributed by atoms with Gasteiger partial charge in [-0.2, -0.15) is 0 Å². The molecular weight excluding hydrogens is 292 g/mol. The molecule has 112 valence electrons. The predicted molar refractivity (Wildman–Crippen MR) is 79.8 cm³/mol. The molecule has 0 radical (unpaired) electrons. The van der Waals surface area contributed by atoms with E-state index in [4.69, 9.17) is 16.7 Å². The summed E-state index contributed by atoms with van der Waals surface area (Å²) in [6.07, 6.45) is 4.66. The molecule has 2 aliphatic carbocycles. The SMILES string of the molecule is O=C(Nc1cc(Cl)ccc1C(=O)O)NC(C1CC1)C1CC1. The van der Waals surface area contributed by atoms with E-state index in [2.05, 4.69) is 10.6 Å². The van der Waals surface area contributed by atoms with Crippen LogP contribution < -0.4 is 10.6 Å². The third-order valence-electron chi connectivity index (χ3n) is 4.02. The first-order chi connectivity index (χ1) is 10.0. The van der Waals surface area contributed by atoms with Gasteiger partial charge in [-0.15, -0.1) is 0 Å². The summed E-state index contributed by atoms with van der Waals surface area (Å²) in [5, 5.41) is 15.1. The monoisotopic (exact) mass is 308 g/mol. The van der Waals surface area contributed by atoms with Gasteiger partial charge in [0, 0.05) is 11.1 Å². The second-order valence-corrected chi connectivity index (χ2v) is 6.23. The summed E-state index contributed by atoms with van der Waals surface area (Å²) in [6.45, 7) is 0. The number of carbonyl (C=O) groups excluding carboxylic acids is 1. The first-order valence-electron chi connectivity index (χ1n) is 7.15. The summed E-state index contributed by atoms with van der Waals surface area (Å²) in [7, 11) is 0. The van der Waals surface area contributed by atoms with Crippen molar-refractivity contribution in [1.82, 2.24) is 5.32 Å². The van der Waals surface area contributed by atoms with Crippen LogP contribution in [0.25, 0.3) is 0 Å². The van der Waals surface area contributed by atoms with Crippen LogP contribution in [0.4, 0.5) is 10.5 Å². The highest BCUT2D eigenvalue weighted by molar-refractivity contribution is 6.31. The molecule has 21 heavy (non-hydrogen) atoms. The molecule has 2 aliphatic rings. The molecule has 2 amide bonds. The van der Waals surface area contributed by atoms with Gasteiger partial charge in [0.25, 0.3) is 0 Å². The molecule has 5 nitrogen and oxygen atoms in total. The zero-order chi connectivity index (χ0) is 15.0. The van der Waals surface area contributed by atoms with Crippen molar-refractivity contribution in [2.45, 2.75) is 31.7 Å². The van der Waals surface area contributed by atoms with Crippen LogP contribution >= 0.6 is 11.6 Å². The van der Waals surface area contributed by atoms with Gasteiger partial charge in [0.1, 0.15) is 0 Å². The maximum Gasteiger partial charge on any atom is 0.337 e. The summed E-state index contributed by atoms with van der Waals surface area (Å²) >= 11 is 5.87.